The van der Waals surface area contributed by atoms with Crippen LogP contribution in [0.5, 0.6) is 0 Å². The molecule has 1 saturated carbocycles. The first-order valence-electron chi connectivity index (χ1n) is 6.17. The third-order valence-corrected chi connectivity index (χ3v) is 4.18. The second-order valence-electron chi connectivity index (χ2n) is 4.69. The Bertz CT molecular complexity index is 639. The van der Waals surface area contributed by atoms with E-state index >= 15 is 0 Å². The predicted octanol–water partition coefficient (Wildman–Crippen LogP) is 3.42. The highest BCUT2D eigenvalue weighted by Gasteiger charge is 2.47. The van der Waals surface area contributed by atoms with Crippen LogP contribution in [0.25, 0.3) is 11.3 Å². The van der Waals surface area contributed by atoms with E-state index in [4.69, 9.17) is 0 Å². The zero-order valence-electron chi connectivity index (χ0n) is 10.6. The van der Waals surface area contributed by atoms with Crippen molar-refractivity contribution in [1.82, 2.24) is 9.97 Å². The van der Waals surface area contributed by atoms with Crippen LogP contribution in [0.4, 0.5) is 0 Å². The van der Waals surface area contributed by atoms with Gasteiger partial charge in [-0.05, 0) is 37.3 Å². The monoisotopic (exact) mass is 267 g/mol. The Labute approximate surface area is 116 Å². The Morgan fingerprint density at radius 1 is 1.21 bits per heavy atom. The number of nitriles is 1. The van der Waals surface area contributed by atoms with Crippen LogP contribution >= 0.6 is 11.8 Å². The summed E-state index contributed by atoms with van der Waals surface area (Å²) in [5, 5.41) is 9.21. The highest BCUT2D eigenvalue weighted by atomic mass is 32.2. The molecule has 19 heavy (non-hydrogen) atoms. The summed E-state index contributed by atoms with van der Waals surface area (Å²) in [7, 11) is 0. The molecule has 1 aromatic carbocycles. The molecule has 0 amide bonds. The number of aromatic nitrogens is 2. The third kappa shape index (κ3) is 2.22. The van der Waals surface area contributed by atoms with Crippen molar-refractivity contribution in [3.8, 4) is 17.3 Å². The minimum atomic E-state index is -0.421. The van der Waals surface area contributed by atoms with Crippen LogP contribution in [0.1, 0.15) is 18.7 Å². The molecule has 1 aliphatic carbocycles. The van der Waals surface area contributed by atoms with Crippen LogP contribution in [0.2, 0.25) is 0 Å². The van der Waals surface area contributed by atoms with Gasteiger partial charge in [-0.15, -0.1) is 11.8 Å². The van der Waals surface area contributed by atoms with Gasteiger partial charge < -0.3 is 0 Å². The van der Waals surface area contributed by atoms with Gasteiger partial charge in [0.2, 0.25) is 0 Å². The van der Waals surface area contributed by atoms with E-state index in [1.165, 1.54) is 4.90 Å². The van der Waals surface area contributed by atoms with E-state index in [1.807, 2.05) is 6.07 Å². The SMILES string of the molecule is CSc1ccc(-c2ccnc(C3(C#N)CC3)n2)cc1. The number of benzene rings is 1. The van der Waals surface area contributed by atoms with Crippen LogP contribution in [0.3, 0.4) is 0 Å². The maximum Gasteiger partial charge on any atom is 0.149 e. The first kappa shape index (κ1) is 12.2. The molecule has 0 unspecified atom stereocenters. The Hall–Kier alpha value is -1.86. The standard InChI is InChI=1S/C15H13N3S/c1-19-12-4-2-11(3-5-12)13-6-9-17-14(18-13)15(10-16)7-8-15/h2-6,9H,7-8H2,1H3. The van der Waals surface area contributed by atoms with Crippen molar-refractivity contribution < 1.29 is 0 Å². The summed E-state index contributed by atoms with van der Waals surface area (Å²) >= 11 is 1.72. The summed E-state index contributed by atoms with van der Waals surface area (Å²) in [4.78, 5) is 10.1. The lowest BCUT2D eigenvalue weighted by molar-refractivity contribution is 0.799. The fraction of sp³-hybridized carbons (Fsp3) is 0.267. The summed E-state index contributed by atoms with van der Waals surface area (Å²) in [5.41, 5.74) is 1.53. The lowest BCUT2D eigenvalue weighted by Gasteiger charge is -2.07. The molecule has 1 fully saturated rings. The maximum atomic E-state index is 9.21. The lowest BCUT2D eigenvalue weighted by Crippen LogP contribution is -2.08. The number of nitrogens with zero attached hydrogens (tertiary/aromatic N) is 3. The van der Waals surface area contributed by atoms with Crippen LogP contribution in [-0.4, -0.2) is 16.2 Å². The second kappa shape index (κ2) is 4.67. The number of thioether (sulfide) groups is 1. The van der Waals surface area contributed by atoms with E-state index < -0.39 is 5.41 Å². The van der Waals surface area contributed by atoms with Crippen LogP contribution in [0.15, 0.2) is 41.4 Å². The van der Waals surface area contributed by atoms with Crippen molar-refractivity contribution in [2.24, 2.45) is 0 Å². The molecular weight excluding hydrogens is 254 g/mol. The maximum absolute atomic E-state index is 9.21. The van der Waals surface area contributed by atoms with Gasteiger partial charge in [-0.25, -0.2) is 9.97 Å². The first-order valence-corrected chi connectivity index (χ1v) is 7.39. The predicted molar refractivity (Wildman–Crippen MR) is 75.8 cm³/mol. The van der Waals surface area contributed by atoms with Crippen molar-refractivity contribution in [2.45, 2.75) is 23.2 Å². The van der Waals surface area contributed by atoms with Gasteiger partial charge >= 0.3 is 0 Å². The highest BCUT2D eigenvalue weighted by molar-refractivity contribution is 7.98. The molecule has 0 bridgehead atoms. The average Bonchev–Trinajstić information content (AvgIpc) is 3.29. The first-order chi connectivity index (χ1) is 9.27. The zero-order valence-corrected chi connectivity index (χ0v) is 11.4. The van der Waals surface area contributed by atoms with E-state index in [0.717, 1.165) is 24.1 Å². The summed E-state index contributed by atoms with van der Waals surface area (Å²) in [5.74, 6) is 0.668. The van der Waals surface area contributed by atoms with Crippen LogP contribution in [-0.2, 0) is 5.41 Å². The molecule has 3 nitrogen and oxygen atoms in total. The fourth-order valence-corrected chi connectivity index (χ4v) is 2.43. The van der Waals surface area contributed by atoms with E-state index in [0.29, 0.717) is 5.82 Å². The molecule has 0 aliphatic heterocycles. The van der Waals surface area contributed by atoms with Gasteiger partial charge in [0.1, 0.15) is 11.2 Å². The van der Waals surface area contributed by atoms with Crippen molar-refractivity contribution in [2.75, 3.05) is 6.26 Å². The van der Waals surface area contributed by atoms with E-state index in [9.17, 15) is 5.26 Å². The normalized spacial score (nSPS) is 15.8. The molecular formula is C15H13N3S. The average molecular weight is 267 g/mol. The second-order valence-corrected chi connectivity index (χ2v) is 5.57. The molecule has 0 radical (unpaired) electrons. The van der Waals surface area contributed by atoms with E-state index in [2.05, 4.69) is 46.6 Å². The zero-order chi connectivity index (χ0) is 13.3. The fourth-order valence-electron chi connectivity index (χ4n) is 2.02. The minimum Gasteiger partial charge on any atom is -0.240 e. The van der Waals surface area contributed by atoms with Crippen molar-refractivity contribution in [3.63, 3.8) is 0 Å². The largest absolute Gasteiger partial charge is 0.240 e. The van der Waals surface area contributed by atoms with Crippen molar-refractivity contribution >= 4 is 11.8 Å². The van der Waals surface area contributed by atoms with Crippen LogP contribution in [0, 0.1) is 11.3 Å². The van der Waals surface area contributed by atoms with E-state index in [1.54, 1.807) is 18.0 Å². The Morgan fingerprint density at radius 2 is 1.95 bits per heavy atom. The number of hydrogen-bond acceptors (Lipinski definition) is 4. The Balaban J connectivity index is 1.97. The molecule has 4 heteroatoms. The summed E-state index contributed by atoms with van der Waals surface area (Å²) in [6.07, 6.45) is 5.55. The topological polar surface area (TPSA) is 49.6 Å². The number of hydrogen-bond donors (Lipinski definition) is 0. The van der Waals surface area contributed by atoms with Gasteiger partial charge in [0.15, 0.2) is 0 Å². The molecule has 1 aromatic heterocycles. The molecule has 0 saturated heterocycles. The molecule has 2 aromatic rings. The molecule has 3 rings (SSSR count). The lowest BCUT2D eigenvalue weighted by atomic mass is 10.1. The van der Waals surface area contributed by atoms with Gasteiger partial charge in [0.05, 0.1) is 11.8 Å². The van der Waals surface area contributed by atoms with Gasteiger partial charge in [0.25, 0.3) is 0 Å². The summed E-state index contributed by atoms with van der Waals surface area (Å²) in [6.45, 7) is 0. The molecule has 94 valence electrons. The molecule has 1 heterocycles. The van der Waals surface area contributed by atoms with Gasteiger partial charge in [-0.2, -0.15) is 5.26 Å². The van der Waals surface area contributed by atoms with Crippen molar-refractivity contribution in [1.29, 1.82) is 5.26 Å². The highest BCUT2D eigenvalue weighted by Crippen LogP contribution is 2.46. The molecule has 1 aliphatic rings. The third-order valence-electron chi connectivity index (χ3n) is 3.43. The smallest absolute Gasteiger partial charge is 0.149 e. The number of rotatable bonds is 3. The van der Waals surface area contributed by atoms with E-state index in [-0.39, 0.29) is 0 Å². The Kier molecular flexibility index (Phi) is 3.00. The quantitative estimate of drug-likeness (QED) is 0.799. The summed E-state index contributed by atoms with van der Waals surface area (Å²) in [6, 6.07) is 12.5. The van der Waals surface area contributed by atoms with Gasteiger partial charge in [-0.1, -0.05) is 12.1 Å². The van der Waals surface area contributed by atoms with Crippen LogP contribution < -0.4 is 0 Å². The minimum absolute atomic E-state index is 0.421. The van der Waals surface area contributed by atoms with Crippen molar-refractivity contribution in [3.05, 3.63) is 42.4 Å². The molecule has 0 spiro atoms. The van der Waals surface area contributed by atoms with Gasteiger partial charge in [-0.3, -0.25) is 0 Å². The summed E-state index contributed by atoms with van der Waals surface area (Å²) < 4.78 is 0. The molecule has 0 atom stereocenters. The molecule has 0 N–H and O–H groups in total. The van der Waals surface area contributed by atoms with Gasteiger partial charge in [0, 0.05) is 16.7 Å². The Morgan fingerprint density at radius 3 is 2.53 bits per heavy atom.